The van der Waals surface area contributed by atoms with Crippen molar-refractivity contribution in [3.63, 3.8) is 0 Å². The molecule has 2 aromatic heterocycles. The third kappa shape index (κ3) is 3.97. The minimum atomic E-state index is -0.275. The van der Waals surface area contributed by atoms with Gasteiger partial charge in [0.15, 0.2) is 4.32 Å². The van der Waals surface area contributed by atoms with Crippen molar-refractivity contribution in [1.82, 2.24) is 9.99 Å². The highest BCUT2D eigenvalue weighted by Gasteiger charge is 2.33. The van der Waals surface area contributed by atoms with Gasteiger partial charge in [-0.05, 0) is 48.6 Å². The predicted octanol–water partition coefficient (Wildman–Crippen LogP) is 7.09. The second-order valence-electron chi connectivity index (χ2n) is 6.41. The minimum absolute atomic E-state index is 0.275. The summed E-state index contributed by atoms with van der Waals surface area (Å²) in [5.74, 6) is 0.736. The van der Waals surface area contributed by atoms with Gasteiger partial charge in [0.2, 0.25) is 5.13 Å². The molecule has 3 heterocycles. The van der Waals surface area contributed by atoms with Crippen molar-refractivity contribution >= 4 is 90.2 Å². The summed E-state index contributed by atoms with van der Waals surface area (Å²) in [6.07, 6.45) is 1.65. The van der Waals surface area contributed by atoms with E-state index in [2.05, 4.69) is 10.4 Å². The summed E-state index contributed by atoms with van der Waals surface area (Å²) in [7, 11) is 0. The van der Waals surface area contributed by atoms with Crippen molar-refractivity contribution in [1.29, 1.82) is 0 Å². The molecular weight excluding hydrogens is 493 g/mol. The molecule has 154 valence electrons. The number of thioether (sulfide) groups is 1. The maximum Gasteiger partial charge on any atom is 0.285 e. The number of anilines is 1. The first-order chi connectivity index (χ1) is 15.0. The SMILES string of the molecule is O=C1C(=Cc2ccc(-c3c(Cl)cccc3Cl)o2)SC(=S)N1Nc1nc2ccccc2s1. The first-order valence-electron chi connectivity index (χ1n) is 8.94. The molecule has 1 fully saturated rings. The number of furan rings is 1. The fourth-order valence-electron chi connectivity index (χ4n) is 3.01. The highest BCUT2D eigenvalue weighted by Crippen LogP contribution is 2.38. The predicted molar refractivity (Wildman–Crippen MR) is 132 cm³/mol. The van der Waals surface area contributed by atoms with Crippen LogP contribution in [0.4, 0.5) is 5.13 Å². The maximum absolute atomic E-state index is 12.9. The van der Waals surface area contributed by atoms with Gasteiger partial charge in [-0.1, -0.05) is 64.5 Å². The second-order valence-corrected chi connectivity index (χ2v) is 9.94. The molecule has 31 heavy (non-hydrogen) atoms. The van der Waals surface area contributed by atoms with E-state index < -0.39 is 0 Å². The normalized spacial score (nSPS) is 15.4. The zero-order valence-corrected chi connectivity index (χ0v) is 19.4. The molecule has 0 radical (unpaired) electrons. The molecule has 0 unspecified atom stereocenters. The molecule has 1 saturated heterocycles. The summed E-state index contributed by atoms with van der Waals surface area (Å²) < 4.78 is 7.27. The highest BCUT2D eigenvalue weighted by molar-refractivity contribution is 8.26. The lowest BCUT2D eigenvalue weighted by atomic mass is 10.2. The molecule has 1 aliphatic heterocycles. The monoisotopic (exact) mass is 503 g/mol. The molecule has 0 spiro atoms. The number of rotatable bonds is 4. The summed E-state index contributed by atoms with van der Waals surface area (Å²) >= 11 is 20.5. The summed E-state index contributed by atoms with van der Waals surface area (Å²) in [5, 5.41) is 2.88. The van der Waals surface area contributed by atoms with Crippen LogP contribution >= 0.6 is 58.5 Å². The Bertz CT molecular complexity index is 1330. The number of aromatic nitrogens is 1. The molecule has 5 nitrogen and oxygen atoms in total. The van der Waals surface area contributed by atoms with Gasteiger partial charge >= 0.3 is 0 Å². The smallest absolute Gasteiger partial charge is 0.285 e. The van der Waals surface area contributed by atoms with E-state index in [4.69, 9.17) is 39.8 Å². The number of carbonyl (C=O) groups excluding carboxylic acids is 1. The third-order valence-corrected chi connectivity index (χ3v) is 7.28. The lowest BCUT2D eigenvalue weighted by Gasteiger charge is -2.14. The van der Waals surface area contributed by atoms with Crippen LogP contribution in [0.2, 0.25) is 10.0 Å². The quantitative estimate of drug-likeness (QED) is 0.237. The average Bonchev–Trinajstić information content (AvgIpc) is 3.43. The number of nitrogens with zero attached hydrogens (tertiary/aromatic N) is 2. The van der Waals surface area contributed by atoms with Crippen LogP contribution in [0.3, 0.4) is 0 Å². The summed E-state index contributed by atoms with van der Waals surface area (Å²) in [4.78, 5) is 17.8. The number of hydrazine groups is 1. The fourth-order valence-corrected chi connectivity index (χ4v) is 5.60. The lowest BCUT2D eigenvalue weighted by molar-refractivity contribution is -0.121. The first kappa shape index (κ1) is 20.5. The van der Waals surface area contributed by atoms with Crippen molar-refractivity contribution in [2.45, 2.75) is 0 Å². The van der Waals surface area contributed by atoms with Gasteiger partial charge in [0.25, 0.3) is 5.91 Å². The van der Waals surface area contributed by atoms with E-state index in [9.17, 15) is 4.79 Å². The third-order valence-electron chi connectivity index (χ3n) is 4.40. The molecule has 4 aromatic rings. The van der Waals surface area contributed by atoms with Crippen LogP contribution < -0.4 is 5.43 Å². The zero-order valence-electron chi connectivity index (χ0n) is 15.5. The van der Waals surface area contributed by atoms with Gasteiger partial charge < -0.3 is 4.42 Å². The summed E-state index contributed by atoms with van der Waals surface area (Å²) in [5.41, 5.74) is 4.48. The number of hydrogen-bond donors (Lipinski definition) is 1. The van der Waals surface area contributed by atoms with E-state index in [1.54, 1.807) is 36.4 Å². The molecular formula is C21H11Cl2N3O2S3. The molecule has 0 bridgehead atoms. The Kier molecular flexibility index (Phi) is 5.49. The van der Waals surface area contributed by atoms with E-state index in [0.29, 0.717) is 41.5 Å². The molecule has 2 aromatic carbocycles. The van der Waals surface area contributed by atoms with E-state index in [1.165, 1.54) is 28.1 Å². The van der Waals surface area contributed by atoms with Gasteiger partial charge in [0.05, 0.1) is 30.7 Å². The van der Waals surface area contributed by atoms with Gasteiger partial charge in [-0.3, -0.25) is 10.2 Å². The molecule has 1 aliphatic rings. The Morgan fingerprint density at radius 3 is 2.61 bits per heavy atom. The van der Waals surface area contributed by atoms with Crippen molar-refractivity contribution < 1.29 is 9.21 Å². The van der Waals surface area contributed by atoms with Crippen molar-refractivity contribution in [2.24, 2.45) is 0 Å². The fraction of sp³-hybridized carbons (Fsp3) is 0. The number of benzene rings is 2. The molecule has 5 rings (SSSR count). The van der Waals surface area contributed by atoms with Crippen LogP contribution in [0.25, 0.3) is 27.6 Å². The van der Waals surface area contributed by atoms with Crippen LogP contribution in [-0.2, 0) is 4.79 Å². The van der Waals surface area contributed by atoms with Crippen LogP contribution in [0.5, 0.6) is 0 Å². The van der Waals surface area contributed by atoms with Crippen LogP contribution in [-0.4, -0.2) is 20.2 Å². The number of hydrogen-bond acceptors (Lipinski definition) is 7. The molecule has 10 heteroatoms. The zero-order chi connectivity index (χ0) is 21.5. The number of halogens is 2. The van der Waals surface area contributed by atoms with E-state index in [-0.39, 0.29) is 5.91 Å². The highest BCUT2D eigenvalue weighted by atomic mass is 35.5. The van der Waals surface area contributed by atoms with E-state index in [0.717, 1.165) is 10.2 Å². The maximum atomic E-state index is 12.9. The van der Waals surface area contributed by atoms with Gasteiger partial charge in [0, 0.05) is 6.08 Å². The Balaban J connectivity index is 1.38. The molecule has 1 N–H and O–H groups in total. The first-order valence-corrected chi connectivity index (χ1v) is 11.7. The number of thiocarbonyl (C=S) groups is 1. The standard InChI is InChI=1S/C21H11Cl2N3O2S3/c22-12-4-3-5-13(23)18(12)15-9-8-11(28-15)10-17-19(27)26(21(29)31-17)25-20-24-14-6-1-2-7-16(14)30-20/h1-10H,(H,24,25). The number of amides is 1. The minimum Gasteiger partial charge on any atom is -0.457 e. The number of fused-ring (bicyclic) bond motifs is 1. The number of carbonyl (C=O) groups is 1. The molecule has 0 aliphatic carbocycles. The van der Waals surface area contributed by atoms with Crippen molar-refractivity contribution in [2.75, 3.05) is 5.43 Å². The van der Waals surface area contributed by atoms with E-state index >= 15 is 0 Å². The molecule has 1 amide bonds. The number of para-hydroxylation sites is 1. The van der Waals surface area contributed by atoms with Crippen molar-refractivity contribution in [3.8, 4) is 11.3 Å². The lowest BCUT2D eigenvalue weighted by Crippen LogP contribution is -2.33. The Labute approximate surface area is 200 Å². The van der Waals surface area contributed by atoms with Gasteiger partial charge in [-0.2, -0.15) is 5.01 Å². The second kappa shape index (κ2) is 8.29. The Hall–Kier alpha value is -2.36. The Morgan fingerprint density at radius 2 is 1.84 bits per heavy atom. The Morgan fingerprint density at radius 1 is 1.06 bits per heavy atom. The van der Waals surface area contributed by atoms with E-state index in [1.807, 2.05) is 24.3 Å². The van der Waals surface area contributed by atoms with Gasteiger partial charge in [-0.15, -0.1) is 0 Å². The van der Waals surface area contributed by atoms with Crippen LogP contribution in [0, 0.1) is 0 Å². The van der Waals surface area contributed by atoms with Gasteiger partial charge in [-0.25, -0.2) is 4.98 Å². The van der Waals surface area contributed by atoms with Crippen LogP contribution in [0.15, 0.2) is 63.9 Å². The van der Waals surface area contributed by atoms with Gasteiger partial charge in [0.1, 0.15) is 11.5 Å². The average molecular weight is 504 g/mol. The number of thiazole rings is 1. The molecule has 0 saturated carbocycles. The molecule has 0 atom stereocenters. The summed E-state index contributed by atoms with van der Waals surface area (Å²) in [6, 6.07) is 16.5. The largest absolute Gasteiger partial charge is 0.457 e. The summed E-state index contributed by atoms with van der Waals surface area (Å²) in [6.45, 7) is 0. The number of nitrogens with one attached hydrogen (secondary N) is 1. The topological polar surface area (TPSA) is 58.4 Å². The van der Waals surface area contributed by atoms with Crippen molar-refractivity contribution in [3.05, 3.63) is 75.3 Å². The van der Waals surface area contributed by atoms with Crippen LogP contribution in [0.1, 0.15) is 5.76 Å².